The zero-order valence-electron chi connectivity index (χ0n) is 12.3. The number of hydrogen-bond acceptors (Lipinski definition) is 6. The third kappa shape index (κ3) is 3.43. The molecule has 0 aliphatic carbocycles. The molecule has 2 aromatic heterocycles. The van der Waals surface area contributed by atoms with Gasteiger partial charge in [0.05, 0.1) is 23.8 Å². The van der Waals surface area contributed by atoms with Gasteiger partial charge in [0.2, 0.25) is 9.84 Å². The monoisotopic (exact) mass is 347 g/mol. The molecule has 3 rings (SSSR count). The molecule has 0 spiro atoms. The summed E-state index contributed by atoms with van der Waals surface area (Å²) >= 11 is 0. The molecule has 24 heavy (non-hydrogen) atoms. The van der Waals surface area contributed by atoms with Gasteiger partial charge in [-0.3, -0.25) is 5.10 Å². The molecule has 2 heterocycles. The number of H-pyrrole nitrogens is 1. The Hall–Kier alpha value is -3.14. The number of rotatable bonds is 5. The Morgan fingerprint density at radius 1 is 1.17 bits per heavy atom. The smallest absolute Gasteiger partial charge is 0.319 e. The second-order valence-corrected chi connectivity index (χ2v) is 6.69. The van der Waals surface area contributed by atoms with Gasteiger partial charge in [0, 0.05) is 11.9 Å². The summed E-state index contributed by atoms with van der Waals surface area (Å²) in [7, 11) is -3.62. The summed E-state index contributed by atoms with van der Waals surface area (Å²) < 4.78 is 29.6. The number of urea groups is 1. The van der Waals surface area contributed by atoms with E-state index < -0.39 is 15.9 Å². The first kappa shape index (κ1) is 15.7. The Bertz CT molecular complexity index is 903. The van der Waals surface area contributed by atoms with Crippen LogP contribution in [-0.4, -0.2) is 29.6 Å². The second-order valence-electron chi connectivity index (χ2n) is 4.74. The topological polar surface area (TPSA) is 130 Å². The van der Waals surface area contributed by atoms with Gasteiger partial charge >= 0.3 is 6.03 Å². The van der Waals surface area contributed by atoms with Gasteiger partial charge in [0.15, 0.2) is 6.39 Å². The molecular weight excluding hydrogens is 334 g/mol. The lowest BCUT2D eigenvalue weighted by Crippen LogP contribution is -2.27. The quantitative estimate of drug-likeness (QED) is 0.642. The first-order chi connectivity index (χ1) is 11.6. The van der Waals surface area contributed by atoms with Crippen LogP contribution in [0.15, 0.2) is 63.5 Å². The first-order valence-corrected chi connectivity index (χ1v) is 8.30. The number of aromatic nitrogens is 3. The van der Waals surface area contributed by atoms with Crippen molar-refractivity contribution in [3.05, 3.63) is 55.0 Å². The van der Waals surface area contributed by atoms with Crippen molar-refractivity contribution in [1.29, 1.82) is 0 Å². The van der Waals surface area contributed by atoms with Crippen molar-refractivity contribution >= 4 is 21.6 Å². The highest BCUT2D eigenvalue weighted by Gasteiger charge is 2.18. The summed E-state index contributed by atoms with van der Waals surface area (Å²) in [5.74, 6) is 0.520. The van der Waals surface area contributed by atoms with Gasteiger partial charge in [-0.1, -0.05) is 0 Å². The first-order valence-electron chi connectivity index (χ1n) is 6.82. The maximum Gasteiger partial charge on any atom is 0.319 e. The molecule has 9 nitrogen and oxygen atoms in total. The molecular formula is C14H13N5O4S. The number of sulfone groups is 1. The Labute approximate surface area is 137 Å². The van der Waals surface area contributed by atoms with Gasteiger partial charge in [-0.25, -0.2) is 18.2 Å². The number of anilines is 1. The molecule has 3 aromatic rings. The lowest BCUT2D eigenvalue weighted by atomic mass is 10.3. The van der Waals surface area contributed by atoms with E-state index >= 15 is 0 Å². The third-order valence-corrected chi connectivity index (χ3v) is 4.85. The molecule has 0 unspecified atom stereocenters. The predicted octanol–water partition coefficient (Wildman–Crippen LogP) is 1.55. The molecule has 124 valence electrons. The highest BCUT2D eigenvalue weighted by atomic mass is 32.2. The van der Waals surface area contributed by atoms with Crippen molar-refractivity contribution < 1.29 is 17.6 Å². The zero-order valence-corrected chi connectivity index (χ0v) is 13.1. The van der Waals surface area contributed by atoms with Crippen molar-refractivity contribution in [2.45, 2.75) is 16.3 Å². The summed E-state index contributed by atoms with van der Waals surface area (Å²) in [5.41, 5.74) is 0.455. The van der Waals surface area contributed by atoms with E-state index in [0.717, 1.165) is 0 Å². The summed E-state index contributed by atoms with van der Waals surface area (Å²) in [6.07, 6.45) is 5.31. The Kier molecular flexibility index (Phi) is 4.29. The van der Waals surface area contributed by atoms with Crippen LogP contribution in [-0.2, 0) is 16.4 Å². The Morgan fingerprint density at radius 3 is 2.58 bits per heavy atom. The van der Waals surface area contributed by atoms with E-state index in [0.29, 0.717) is 11.4 Å². The van der Waals surface area contributed by atoms with Crippen molar-refractivity contribution in [2.75, 3.05) is 5.32 Å². The largest absolute Gasteiger partial charge is 0.447 e. The van der Waals surface area contributed by atoms with Crippen LogP contribution in [0.5, 0.6) is 0 Å². The van der Waals surface area contributed by atoms with Gasteiger partial charge in [-0.2, -0.15) is 5.10 Å². The van der Waals surface area contributed by atoms with E-state index in [9.17, 15) is 13.2 Å². The van der Waals surface area contributed by atoms with Crippen LogP contribution in [0.4, 0.5) is 10.5 Å². The molecule has 1 aromatic carbocycles. The lowest BCUT2D eigenvalue weighted by Gasteiger charge is -2.07. The van der Waals surface area contributed by atoms with Gasteiger partial charge in [-0.15, -0.1) is 0 Å². The average Bonchev–Trinajstić information content (AvgIpc) is 3.27. The van der Waals surface area contributed by atoms with E-state index in [4.69, 9.17) is 4.42 Å². The molecule has 10 heteroatoms. The Balaban J connectivity index is 1.63. The van der Waals surface area contributed by atoms with Gasteiger partial charge in [0.25, 0.3) is 0 Å². The maximum absolute atomic E-state index is 12.3. The molecule has 0 saturated carbocycles. The minimum Gasteiger partial charge on any atom is -0.447 e. The number of carbonyl (C=O) groups excluding carboxylic acids is 1. The van der Waals surface area contributed by atoms with Gasteiger partial charge in [-0.05, 0) is 24.3 Å². The molecule has 0 atom stereocenters. The summed E-state index contributed by atoms with van der Waals surface area (Å²) in [4.78, 5) is 15.7. The number of benzene rings is 1. The number of aromatic amines is 1. The molecule has 0 saturated heterocycles. The van der Waals surface area contributed by atoms with Crippen LogP contribution in [0.3, 0.4) is 0 Å². The summed E-state index contributed by atoms with van der Waals surface area (Å²) in [6, 6.07) is 5.38. The van der Waals surface area contributed by atoms with Crippen LogP contribution in [0, 0.1) is 0 Å². The molecule has 2 amide bonds. The average molecular weight is 347 g/mol. The van der Waals surface area contributed by atoms with Crippen LogP contribution < -0.4 is 10.6 Å². The Morgan fingerprint density at radius 2 is 1.96 bits per heavy atom. The van der Waals surface area contributed by atoms with Crippen molar-refractivity contribution in [3.63, 3.8) is 0 Å². The number of nitrogens with one attached hydrogen (secondary N) is 3. The molecule has 0 fully saturated rings. The minimum absolute atomic E-state index is 0.0769. The van der Waals surface area contributed by atoms with Gasteiger partial charge < -0.3 is 15.1 Å². The van der Waals surface area contributed by atoms with Crippen molar-refractivity contribution in [1.82, 2.24) is 20.5 Å². The fraction of sp³-hybridized carbons (Fsp3) is 0.0714. The second kappa shape index (κ2) is 6.54. The normalized spacial score (nSPS) is 11.2. The van der Waals surface area contributed by atoms with E-state index in [1.54, 1.807) is 0 Å². The lowest BCUT2D eigenvalue weighted by molar-refractivity contribution is 0.251. The molecule has 3 N–H and O–H groups in total. The number of oxazole rings is 1. The molecule has 0 aliphatic heterocycles. The van der Waals surface area contributed by atoms with Crippen LogP contribution in [0.2, 0.25) is 0 Å². The number of carbonyl (C=O) groups is 1. The SMILES string of the molecule is O=C(NCc1cnco1)Nc1ccc(S(=O)(=O)c2cn[nH]c2)cc1. The van der Waals surface area contributed by atoms with Crippen LogP contribution in [0.25, 0.3) is 0 Å². The maximum atomic E-state index is 12.3. The van der Waals surface area contributed by atoms with Crippen LogP contribution in [0.1, 0.15) is 5.76 Å². The minimum atomic E-state index is -3.62. The molecule has 0 radical (unpaired) electrons. The molecule has 0 bridgehead atoms. The number of nitrogens with zero attached hydrogens (tertiary/aromatic N) is 2. The number of amides is 2. The van der Waals surface area contributed by atoms with Crippen molar-refractivity contribution in [2.24, 2.45) is 0 Å². The van der Waals surface area contributed by atoms with E-state index in [1.807, 2.05) is 0 Å². The molecule has 0 aliphatic rings. The van der Waals surface area contributed by atoms with E-state index in [1.165, 1.54) is 49.2 Å². The number of hydrogen-bond donors (Lipinski definition) is 3. The standard InChI is InChI=1S/C14H13N5O4S/c20-14(16-6-11-5-15-9-23-11)19-10-1-3-12(4-2-10)24(21,22)13-7-17-18-8-13/h1-5,7-9H,6H2,(H,17,18)(H2,16,19,20). The summed E-state index contributed by atoms with van der Waals surface area (Å²) in [6.45, 7) is 0.193. The van der Waals surface area contributed by atoms with Crippen molar-refractivity contribution in [3.8, 4) is 0 Å². The highest BCUT2D eigenvalue weighted by molar-refractivity contribution is 7.91. The predicted molar refractivity (Wildman–Crippen MR) is 82.8 cm³/mol. The zero-order chi connectivity index (χ0) is 17.0. The van der Waals surface area contributed by atoms with Crippen LogP contribution >= 0.6 is 0 Å². The fourth-order valence-electron chi connectivity index (χ4n) is 1.91. The highest BCUT2D eigenvalue weighted by Crippen LogP contribution is 2.21. The summed E-state index contributed by atoms with van der Waals surface area (Å²) in [5, 5.41) is 11.3. The fourth-order valence-corrected chi connectivity index (χ4v) is 3.08. The van der Waals surface area contributed by atoms with E-state index in [-0.39, 0.29) is 16.3 Å². The third-order valence-electron chi connectivity index (χ3n) is 3.11. The van der Waals surface area contributed by atoms with Gasteiger partial charge in [0.1, 0.15) is 10.7 Å². The van der Waals surface area contributed by atoms with E-state index in [2.05, 4.69) is 25.8 Å².